The largest absolute Gasteiger partial charge is 0.490 e. The summed E-state index contributed by atoms with van der Waals surface area (Å²) in [4.78, 5) is 39.6. The number of benzene rings is 1. The first kappa shape index (κ1) is 19.9. The predicted octanol–water partition coefficient (Wildman–Crippen LogP) is 0.359. The first-order chi connectivity index (χ1) is 13.5. The average molecular weight is 388 g/mol. The molecule has 2 aliphatic heterocycles. The van der Waals surface area contributed by atoms with Crippen LogP contribution in [0.1, 0.15) is 25.0 Å². The summed E-state index contributed by atoms with van der Waals surface area (Å²) in [7, 11) is 0. The van der Waals surface area contributed by atoms with Crippen molar-refractivity contribution in [2.75, 3.05) is 33.0 Å². The highest BCUT2D eigenvalue weighted by Gasteiger charge is 2.45. The molecule has 0 aromatic heterocycles. The summed E-state index contributed by atoms with van der Waals surface area (Å²) in [6.07, 6.45) is 2.22. The Kier molecular flexibility index (Phi) is 5.99. The molecule has 1 atom stereocenters. The summed E-state index contributed by atoms with van der Waals surface area (Å²) in [5.41, 5.74) is 2.28. The smallest absolute Gasteiger partial charge is 0.339 e. The molecule has 0 radical (unpaired) electrons. The molecule has 1 N–H and O–H groups in total. The molecule has 1 aromatic rings. The van der Waals surface area contributed by atoms with Crippen LogP contribution in [-0.2, 0) is 22.6 Å². The van der Waals surface area contributed by atoms with Gasteiger partial charge in [-0.15, -0.1) is 6.58 Å². The Balaban J connectivity index is 1.75. The van der Waals surface area contributed by atoms with E-state index in [0.29, 0.717) is 25.5 Å². The van der Waals surface area contributed by atoms with Crippen LogP contribution in [0.4, 0.5) is 4.79 Å². The van der Waals surface area contributed by atoms with Gasteiger partial charge in [-0.2, -0.15) is 0 Å². The number of fused-ring (bicyclic) bond motifs is 1. The van der Waals surface area contributed by atoms with Crippen LogP contribution in [0.3, 0.4) is 0 Å². The molecule has 150 valence electrons. The molecule has 1 unspecified atom stereocenters. The van der Waals surface area contributed by atoms with Gasteiger partial charge in [-0.05, 0) is 31.5 Å². The molecule has 2 heterocycles. The van der Waals surface area contributed by atoms with Gasteiger partial charge in [0.1, 0.15) is 6.54 Å². The Labute approximate surface area is 164 Å². The molecule has 0 aliphatic carbocycles. The normalized spacial score (nSPS) is 19.1. The molecule has 4 amide bonds. The van der Waals surface area contributed by atoms with Crippen molar-refractivity contribution in [3.05, 3.63) is 35.9 Å². The van der Waals surface area contributed by atoms with Crippen LogP contribution in [0.25, 0.3) is 0 Å². The Hall–Kier alpha value is -2.87. The number of urea groups is 1. The topological polar surface area (TPSA) is 80.6 Å². The molecule has 8 heteroatoms. The molecule has 1 fully saturated rings. The molecule has 2 aliphatic rings. The van der Waals surface area contributed by atoms with Crippen molar-refractivity contribution in [2.45, 2.75) is 26.8 Å². The molecule has 1 aromatic carbocycles. The van der Waals surface area contributed by atoms with E-state index in [-0.39, 0.29) is 13.2 Å². The highest BCUT2D eigenvalue weighted by Crippen LogP contribution is 2.32. The average Bonchev–Trinajstić information content (AvgIpc) is 2.87. The van der Waals surface area contributed by atoms with E-state index < -0.39 is 17.8 Å². The highest BCUT2D eigenvalue weighted by molar-refractivity contribution is 6.44. The first-order valence-electron chi connectivity index (χ1n) is 9.53. The molecular formula is C20H26N3O5+. The number of nitrogens with zero attached hydrogens (tertiary/aromatic N) is 2. The predicted molar refractivity (Wildman–Crippen MR) is 101 cm³/mol. The number of ether oxygens (including phenoxy) is 2. The number of nitrogens with one attached hydrogen (secondary N) is 1. The van der Waals surface area contributed by atoms with Gasteiger partial charge in [-0.3, -0.25) is 14.5 Å². The third-order valence-electron chi connectivity index (χ3n) is 4.88. The van der Waals surface area contributed by atoms with E-state index in [0.717, 1.165) is 39.0 Å². The molecule has 3 rings (SSSR count). The van der Waals surface area contributed by atoms with Crippen LogP contribution in [0, 0.1) is 0 Å². The number of amides is 4. The van der Waals surface area contributed by atoms with Gasteiger partial charge in [0.05, 0.1) is 19.8 Å². The van der Waals surface area contributed by atoms with Crippen LogP contribution >= 0.6 is 0 Å². The van der Waals surface area contributed by atoms with Crippen molar-refractivity contribution >= 4 is 17.8 Å². The SMILES string of the molecule is C=CCN1C(=O)C(=O)N(C[NH+]2CCc3cc(OCC)c(OCC)cc3C2)C1=O. The fourth-order valence-corrected chi connectivity index (χ4v) is 3.59. The summed E-state index contributed by atoms with van der Waals surface area (Å²) < 4.78 is 11.4. The van der Waals surface area contributed by atoms with E-state index in [2.05, 4.69) is 6.58 Å². The number of imide groups is 2. The van der Waals surface area contributed by atoms with Crippen LogP contribution < -0.4 is 14.4 Å². The molecule has 1 saturated heterocycles. The lowest BCUT2D eigenvalue weighted by molar-refractivity contribution is -0.923. The molecular weight excluding hydrogens is 362 g/mol. The molecule has 8 nitrogen and oxygen atoms in total. The van der Waals surface area contributed by atoms with Gasteiger partial charge < -0.3 is 14.4 Å². The van der Waals surface area contributed by atoms with E-state index in [4.69, 9.17) is 9.47 Å². The van der Waals surface area contributed by atoms with Gasteiger partial charge in [0.15, 0.2) is 18.2 Å². The van der Waals surface area contributed by atoms with Crippen molar-refractivity contribution in [3.8, 4) is 11.5 Å². The van der Waals surface area contributed by atoms with Crippen molar-refractivity contribution in [1.82, 2.24) is 9.80 Å². The third-order valence-corrected chi connectivity index (χ3v) is 4.88. The minimum absolute atomic E-state index is 0.0377. The maximum atomic E-state index is 12.4. The molecule has 0 bridgehead atoms. The summed E-state index contributed by atoms with van der Waals surface area (Å²) in [5.74, 6) is -0.124. The zero-order valence-corrected chi connectivity index (χ0v) is 16.3. The standard InChI is InChI=1S/C20H25N3O5/c1-4-8-22-18(24)19(25)23(20(22)26)13-21-9-7-14-10-16(27-5-2)17(28-6-3)11-15(14)12-21/h4,10-11H,1,5-9,12-13H2,2-3H3/p+1. The van der Waals surface area contributed by atoms with E-state index >= 15 is 0 Å². The van der Waals surface area contributed by atoms with Gasteiger partial charge in [0, 0.05) is 18.5 Å². The van der Waals surface area contributed by atoms with Gasteiger partial charge in [-0.1, -0.05) is 6.08 Å². The fraction of sp³-hybridized carbons (Fsp3) is 0.450. The number of quaternary nitrogens is 1. The molecule has 0 saturated carbocycles. The Morgan fingerprint density at radius 1 is 1.04 bits per heavy atom. The highest BCUT2D eigenvalue weighted by atomic mass is 16.5. The van der Waals surface area contributed by atoms with E-state index in [1.165, 1.54) is 11.6 Å². The Bertz CT molecular complexity index is 807. The van der Waals surface area contributed by atoms with E-state index in [9.17, 15) is 14.4 Å². The minimum Gasteiger partial charge on any atom is -0.490 e. The molecule has 28 heavy (non-hydrogen) atoms. The van der Waals surface area contributed by atoms with Crippen molar-refractivity contribution < 1.29 is 28.8 Å². The second-order valence-corrected chi connectivity index (χ2v) is 6.74. The summed E-state index contributed by atoms with van der Waals surface area (Å²) in [5, 5.41) is 0. The summed E-state index contributed by atoms with van der Waals surface area (Å²) >= 11 is 0. The second kappa shape index (κ2) is 8.43. The minimum atomic E-state index is -0.790. The summed E-state index contributed by atoms with van der Waals surface area (Å²) in [6, 6.07) is 3.42. The Morgan fingerprint density at radius 2 is 1.64 bits per heavy atom. The zero-order chi connectivity index (χ0) is 20.3. The second-order valence-electron chi connectivity index (χ2n) is 6.74. The van der Waals surface area contributed by atoms with Gasteiger partial charge in [-0.25, -0.2) is 9.69 Å². The summed E-state index contributed by atoms with van der Waals surface area (Å²) in [6.45, 7) is 10.1. The van der Waals surface area contributed by atoms with Crippen molar-refractivity contribution in [2.24, 2.45) is 0 Å². The zero-order valence-electron chi connectivity index (χ0n) is 16.3. The first-order valence-corrected chi connectivity index (χ1v) is 9.53. The van der Waals surface area contributed by atoms with Crippen molar-refractivity contribution in [1.29, 1.82) is 0 Å². The third kappa shape index (κ3) is 3.73. The number of rotatable bonds is 8. The van der Waals surface area contributed by atoms with E-state index in [1.807, 2.05) is 26.0 Å². The van der Waals surface area contributed by atoms with E-state index in [1.54, 1.807) is 0 Å². The fourth-order valence-electron chi connectivity index (χ4n) is 3.59. The lowest BCUT2D eigenvalue weighted by atomic mass is 9.99. The maximum Gasteiger partial charge on any atom is 0.339 e. The number of hydrogen-bond donors (Lipinski definition) is 1. The van der Waals surface area contributed by atoms with Gasteiger partial charge >= 0.3 is 17.8 Å². The molecule has 0 spiro atoms. The Morgan fingerprint density at radius 3 is 2.25 bits per heavy atom. The lowest BCUT2D eigenvalue weighted by Crippen LogP contribution is -3.13. The quantitative estimate of drug-likeness (QED) is 0.395. The monoisotopic (exact) mass is 388 g/mol. The van der Waals surface area contributed by atoms with Gasteiger partial charge in [0.25, 0.3) is 0 Å². The van der Waals surface area contributed by atoms with Crippen LogP contribution in [0.2, 0.25) is 0 Å². The van der Waals surface area contributed by atoms with Crippen LogP contribution in [-0.4, -0.2) is 60.6 Å². The van der Waals surface area contributed by atoms with Crippen LogP contribution in [0.15, 0.2) is 24.8 Å². The number of hydrogen-bond acceptors (Lipinski definition) is 5. The maximum absolute atomic E-state index is 12.4. The van der Waals surface area contributed by atoms with Crippen molar-refractivity contribution in [3.63, 3.8) is 0 Å². The van der Waals surface area contributed by atoms with Crippen LogP contribution in [0.5, 0.6) is 11.5 Å². The van der Waals surface area contributed by atoms with Gasteiger partial charge in [0.2, 0.25) is 0 Å². The number of carbonyl (C=O) groups is 3. The lowest BCUT2D eigenvalue weighted by Gasteiger charge is -2.29. The number of carbonyl (C=O) groups excluding carboxylic acids is 3.